The molecule has 0 aromatic carbocycles. The third kappa shape index (κ3) is 23.9. The Bertz CT molecular complexity index is 518. The fourth-order valence-electron chi connectivity index (χ4n) is 3.22. The molecule has 0 aliphatic carbocycles. The highest BCUT2D eigenvalue weighted by Gasteiger charge is 2.21. The molecule has 0 saturated carbocycles. The van der Waals surface area contributed by atoms with Crippen LogP contribution in [0.3, 0.4) is 0 Å². The fourth-order valence-corrected chi connectivity index (χ4v) is 3.65. The maximum atomic E-state index is 13.1. The lowest BCUT2D eigenvalue weighted by Crippen LogP contribution is -2.29. The molecule has 0 amide bonds. The summed E-state index contributed by atoms with van der Waals surface area (Å²) < 4.78 is 39.7. The van der Waals surface area contributed by atoms with Crippen LogP contribution in [0.1, 0.15) is 111 Å². The van der Waals surface area contributed by atoms with Gasteiger partial charge in [-0.15, -0.1) is 0 Å². The number of rotatable bonds is 22. The first-order chi connectivity index (χ1) is 15.2. The van der Waals surface area contributed by atoms with E-state index in [1.54, 1.807) is 0 Å². The normalized spacial score (nSPS) is 14.7. The second kappa shape index (κ2) is 20.9. The number of halogens is 1. The van der Waals surface area contributed by atoms with Crippen molar-refractivity contribution in [1.82, 2.24) is 0 Å². The summed E-state index contributed by atoms with van der Waals surface area (Å²) in [6, 6.07) is 0. The SMILES string of the molecule is CCCCCCCC/C=C/CCCCCCCC(=O)OC(COC(C)C)COP(C)(=O)F. The van der Waals surface area contributed by atoms with Gasteiger partial charge in [0.15, 0.2) is 0 Å². The Hall–Kier alpha value is -0.710. The van der Waals surface area contributed by atoms with Crippen molar-refractivity contribution < 1.29 is 27.6 Å². The van der Waals surface area contributed by atoms with Crippen LogP contribution >= 0.6 is 7.68 Å². The second-order valence-electron chi connectivity index (χ2n) is 8.87. The number of hydrogen-bond acceptors (Lipinski definition) is 5. The molecule has 0 heterocycles. The minimum absolute atomic E-state index is 0.0552. The predicted molar refractivity (Wildman–Crippen MR) is 131 cm³/mol. The molecule has 7 heteroatoms. The van der Waals surface area contributed by atoms with Crippen LogP contribution in [0.4, 0.5) is 4.20 Å². The van der Waals surface area contributed by atoms with E-state index in [0.29, 0.717) is 6.42 Å². The molecule has 0 spiro atoms. The number of esters is 1. The van der Waals surface area contributed by atoms with Crippen molar-refractivity contribution >= 4 is 13.6 Å². The zero-order chi connectivity index (χ0) is 24.1. The Morgan fingerprint density at radius 2 is 1.41 bits per heavy atom. The largest absolute Gasteiger partial charge is 0.457 e. The lowest BCUT2D eigenvalue weighted by molar-refractivity contribution is -0.155. The number of carbonyl (C=O) groups is 1. The lowest BCUT2D eigenvalue weighted by atomic mass is 10.1. The molecule has 5 nitrogen and oxygen atoms in total. The number of carbonyl (C=O) groups excluding carboxylic acids is 1. The van der Waals surface area contributed by atoms with Gasteiger partial charge in [0.1, 0.15) is 6.10 Å². The molecule has 0 radical (unpaired) electrons. The third-order valence-electron chi connectivity index (χ3n) is 5.05. The van der Waals surface area contributed by atoms with Gasteiger partial charge in [0.25, 0.3) is 0 Å². The Morgan fingerprint density at radius 1 is 0.875 bits per heavy atom. The Kier molecular flexibility index (Phi) is 20.4. The van der Waals surface area contributed by atoms with E-state index >= 15 is 0 Å². The summed E-state index contributed by atoms with van der Waals surface area (Å²) in [5.41, 5.74) is 0. The standard InChI is InChI=1S/C25H48FO5P/c1-5-6-7-8-9-10-11-12-13-14-15-16-17-18-19-20-25(27)31-24(21-29-23(2)3)22-30-32(4,26)28/h12-13,23-24H,5-11,14-22H2,1-4H3/b13-12+. The summed E-state index contributed by atoms with van der Waals surface area (Å²) in [4.78, 5) is 12.1. The van der Waals surface area contributed by atoms with Gasteiger partial charge in [0, 0.05) is 13.1 Å². The third-order valence-corrected chi connectivity index (χ3v) is 5.66. The first-order valence-corrected chi connectivity index (χ1v) is 14.6. The second-order valence-corrected chi connectivity index (χ2v) is 10.6. The minimum Gasteiger partial charge on any atom is -0.457 e. The highest BCUT2D eigenvalue weighted by atomic mass is 31.2. The van der Waals surface area contributed by atoms with Gasteiger partial charge in [0.05, 0.1) is 19.3 Å². The molecule has 2 unspecified atom stereocenters. The molecule has 0 fully saturated rings. The van der Waals surface area contributed by atoms with Crippen LogP contribution < -0.4 is 0 Å². The van der Waals surface area contributed by atoms with Gasteiger partial charge in [-0.3, -0.25) is 9.36 Å². The van der Waals surface area contributed by atoms with Gasteiger partial charge in [-0.05, 0) is 46.0 Å². The predicted octanol–water partition coefficient (Wildman–Crippen LogP) is 8.17. The van der Waals surface area contributed by atoms with E-state index in [-0.39, 0.29) is 25.3 Å². The van der Waals surface area contributed by atoms with Gasteiger partial charge in [-0.2, -0.15) is 4.20 Å². The van der Waals surface area contributed by atoms with Crippen molar-refractivity contribution in [1.29, 1.82) is 0 Å². The molecule has 190 valence electrons. The van der Waals surface area contributed by atoms with Gasteiger partial charge in [-0.1, -0.05) is 70.4 Å². The van der Waals surface area contributed by atoms with Gasteiger partial charge in [-0.25, -0.2) is 0 Å². The summed E-state index contributed by atoms with van der Waals surface area (Å²) in [6.07, 6.45) is 19.7. The van der Waals surface area contributed by atoms with Crippen molar-refractivity contribution in [3.8, 4) is 0 Å². The molecular weight excluding hydrogens is 430 g/mol. The first kappa shape index (κ1) is 31.3. The van der Waals surface area contributed by atoms with E-state index in [4.69, 9.17) is 9.47 Å². The van der Waals surface area contributed by atoms with E-state index in [9.17, 15) is 13.6 Å². The topological polar surface area (TPSA) is 61.8 Å². The number of allylic oxidation sites excluding steroid dienone is 2. The number of hydrogen-bond donors (Lipinski definition) is 0. The summed E-state index contributed by atoms with van der Waals surface area (Å²) in [7, 11) is -4.12. The summed E-state index contributed by atoms with van der Waals surface area (Å²) in [5.74, 6) is -0.353. The van der Waals surface area contributed by atoms with Crippen LogP contribution in [0.25, 0.3) is 0 Å². The average molecular weight is 479 g/mol. The zero-order valence-electron chi connectivity index (χ0n) is 21.0. The number of ether oxygens (including phenoxy) is 2. The van der Waals surface area contributed by atoms with Crippen LogP contribution in [-0.4, -0.2) is 38.1 Å². The quantitative estimate of drug-likeness (QED) is 0.0679. The first-order valence-electron chi connectivity index (χ1n) is 12.6. The summed E-state index contributed by atoms with van der Waals surface area (Å²) >= 11 is 0. The smallest absolute Gasteiger partial charge is 0.364 e. The number of unbranched alkanes of at least 4 members (excludes halogenated alkanes) is 11. The summed E-state index contributed by atoms with van der Waals surface area (Å²) in [6.45, 7) is 6.67. The van der Waals surface area contributed by atoms with E-state index in [1.807, 2.05) is 13.8 Å². The van der Waals surface area contributed by atoms with Crippen molar-refractivity contribution in [3.05, 3.63) is 12.2 Å². The monoisotopic (exact) mass is 478 g/mol. The Morgan fingerprint density at radius 3 is 1.94 bits per heavy atom. The Labute approximate surface area is 196 Å². The van der Waals surface area contributed by atoms with Crippen molar-refractivity contribution in [3.63, 3.8) is 0 Å². The highest BCUT2D eigenvalue weighted by molar-refractivity contribution is 7.52. The highest BCUT2D eigenvalue weighted by Crippen LogP contribution is 2.44. The van der Waals surface area contributed by atoms with Crippen molar-refractivity contribution in [2.45, 2.75) is 123 Å². The fraction of sp³-hybridized carbons (Fsp3) is 0.880. The maximum absolute atomic E-state index is 13.1. The molecule has 0 aromatic rings. The van der Waals surface area contributed by atoms with Gasteiger partial charge in [0.2, 0.25) is 0 Å². The molecule has 0 rings (SSSR count). The molecule has 0 aliphatic rings. The van der Waals surface area contributed by atoms with Crippen LogP contribution in [0.5, 0.6) is 0 Å². The molecule has 32 heavy (non-hydrogen) atoms. The van der Waals surface area contributed by atoms with Gasteiger partial charge >= 0.3 is 13.6 Å². The van der Waals surface area contributed by atoms with Crippen molar-refractivity contribution in [2.75, 3.05) is 19.9 Å². The van der Waals surface area contributed by atoms with Gasteiger partial charge < -0.3 is 14.0 Å². The molecule has 2 atom stereocenters. The van der Waals surface area contributed by atoms with Crippen molar-refractivity contribution in [2.24, 2.45) is 0 Å². The van der Waals surface area contributed by atoms with E-state index in [1.165, 1.54) is 51.4 Å². The lowest BCUT2D eigenvalue weighted by Gasteiger charge is -2.19. The van der Waals surface area contributed by atoms with Crippen LogP contribution in [0, 0.1) is 0 Å². The molecular formula is C25H48FO5P. The minimum atomic E-state index is -4.12. The zero-order valence-corrected chi connectivity index (χ0v) is 21.9. The van der Waals surface area contributed by atoms with Crippen LogP contribution in [0.2, 0.25) is 0 Å². The van der Waals surface area contributed by atoms with Crippen LogP contribution in [-0.2, 0) is 23.4 Å². The molecule has 0 aliphatic heterocycles. The van der Waals surface area contributed by atoms with E-state index in [0.717, 1.165) is 38.8 Å². The van der Waals surface area contributed by atoms with E-state index < -0.39 is 13.8 Å². The average Bonchev–Trinajstić information content (AvgIpc) is 2.72. The molecule has 0 saturated heterocycles. The molecule has 0 bridgehead atoms. The molecule has 0 aromatic heterocycles. The van der Waals surface area contributed by atoms with Crippen LogP contribution in [0.15, 0.2) is 12.2 Å². The maximum Gasteiger partial charge on any atom is 0.364 e. The summed E-state index contributed by atoms with van der Waals surface area (Å²) in [5, 5.41) is 0. The van der Waals surface area contributed by atoms with E-state index in [2.05, 4.69) is 23.6 Å². The Balaban J connectivity index is 3.74. The molecule has 0 N–H and O–H groups in total.